The lowest BCUT2D eigenvalue weighted by molar-refractivity contribution is -0.150. The molecule has 0 aliphatic carbocycles. The molecule has 0 saturated carbocycles. The Bertz CT molecular complexity index is 990. The van der Waals surface area contributed by atoms with Crippen molar-refractivity contribution in [3.05, 3.63) is 95.0 Å². The lowest BCUT2D eigenvalue weighted by Gasteiger charge is -2.22. The minimum absolute atomic E-state index is 0.0171. The van der Waals surface area contributed by atoms with Gasteiger partial charge in [-0.15, -0.1) is 0 Å². The number of benzene rings is 3. The van der Waals surface area contributed by atoms with Crippen molar-refractivity contribution in [3.8, 4) is 17.2 Å². The fourth-order valence-electron chi connectivity index (χ4n) is 3.30. The van der Waals surface area contributed by atoms with Gasteiger partial charge < -0.3 is 4.74 Å². The van der Waals surface area contributed by atoms with Crippen molar-refractivity contribution in [2.75, 3.05) is 0 Å². The Kier molecular flexibility index (Phi) is 6.69. The first-order valence-corrected chi connectivity index (χ1v) is 9.88. The summed E-state index contributed by atoms with van der Waals surface area (Å²) >= 11 is 5.96. The number of nitrogens with zero attached hydrogens (tertiary/aromatic N) is 1. The van der Waals surface area contributed by atoms with Crippen LogP contribution in [0.5, 0.6) is 0 Å². The lowest BCUT2D eigenvalue weighted by Crippen LogP contribution is -2.22. The van der Waals surface area contributed by atoms with Gasteiger partial charge in [-0.05, 0) is 34.7 Å². The molecule has 146 valence electrons. The summed E-state index contributed by atoms with van der Waals surface area (Å²) in [6.07, 6.45) is -0.958. The lowest BCUT2D eigenvalue weighted by atomic mass is 9.88. The van der Waals surface area contributed by atoms with Crippen LogP contribution in [-0.4, -0.2) is 5.97 Å². The number of nitriles is 1. The summed E-state index contributed by atoms with van der Waals surface area (Å²) in [6.45, 7) is 3.91. The standard InChI is InChI=1S/C25H22ClNO2/c1-17(2)24(21-12-14-22(26)15-13-21)25(28)29-23(16-27)20-10-8-19(9-11-20)18-6-4-3-5-7-18/h3-15,17,23-24H,1-2H3. The molecule has 0 aromatic heterocycles. The summed E-state index contributed by atoms with van der Waals surface area (Å²) < 4.78 is 5.61. The normalized spacial score (nSPS) is 12.8. The molecule has 4 heteroatoms. The minimum atomic E-state index is -0.958. The van der Waals surface area contributed by atoms with E-state index < -0.39 is 18.0 Å². The van der Waals surface area contributed by atoms with Gasteiger partial charge in [-0.2, -0.15) is 5.26 Å². The number of ether oxygens (including phenoxy) is 1. The van der Waals surface area contributed by atoms with E-state index in [4.69, 9.17) is 16.3 Å². The number of carbonyl (C=O) groups excluding carboxylic acids is 1. The maximum absolute atomic E-state index is 12.9. The summed E-state index contributed by atoms with van der Waals surface area (Å²) in [7, 11) is 0. The highest BCUT2D eigenvalue weighted by molar-refractivity contribution is 6.30. The van der Waals surface area contributed by atoms with Crippen LogP contribution in [0.2, 0.25) is 5.02 Å². The second kappa shape index (κ2) is 9.41. The van der Waals surface area contributed by atoms with E-state index >= 15 is 0 Å². The molecule has 29 heavy (non-hydrogen) atoms. The van der Waals surface area contributed by atoms with Crippen LogP contribution in [0, 0.1) is 17.2 Å². The highest BCUT2D eigenvalue weighted by atomic mass is 35.5. The zero-order valence-electron chi connectivity index (χ0n) is 16.4. The number of rotatable bonds is 6. The zero-order chi connectivity index (χ0) is 20.8. The molecule has 0 fully saturated rings. The Balaban J connectivity index is 1.78. The molecule has 0 saturated heterocycles. The zero-order valence-corrected chi connectivity index (χ0v) is 17.1. The molecule has 3 nitrogen and oxygen atoms in total. The topological polar surface area (TPSA) is 50.1 Å². The number of halogens is 1. The third kappa shape index (κ3) is 5.04. The summed E-state index contributed by atoms with van der Waals surface area (Å²) in [5.41, 5.74) is 3.61. The van der Waals surface area contributed by atoms with E-state index in [1.165, 1.54) is 0 Å². The first kappa shape index (κ1) is 20.6. The molecular formula is C25H22ClNO2. The van der Waals surface area contributed by atoms with Crippen LogP contribution in [0.1, 0.15) is 37.0 Å². The van der Waals surface area contributed by atoms with Crippen LogP contribution in [0.15, 0.2) is 78.9 Å². The second-order valence-corrected chi connectivity index (χ2v) is 7.64. The van der Waals surface area contributed by atoms with Crippen LogP contribution in [0.25, 0.3) is 11.1 Å². The predicted octanol–water partition coefficient (Wildman–Crippen LogP) is 6.55. The molecule has 0 aliphatic rings. The van der Waals surface area contributed by atoms with Gasteiger partial charge in [0.15, 0.2) is 0 Å². The molecular weight excluding hydrogens is 382 g/mol. The van der Waals surface area contributed by atoms with Gasteiger partial charge >= 0.3 is 5.97 Å². The van der Waals surface area contributed by atoms with E-state index in [0.717, 1.165) is 16.7 Å². The minimum Gasteiger partial charge on any atom is -0.441 e. The Morgan fingerprint density at radius 2 is 1.41 bits per heavy atom. The first-order chi connectivity index (χ1) is 14.0. The van der Waals surface area contributed by atoms with Gasteiger partial charge in [-0.3, -0.25) is 4.79 Å². The van der Waals surface area contributed by atoms with E-state index in [0.29, 0.717) is 10.6 Å². The van der Waals surface area contributed by atoms with E-state index in [9.17, 15) is 10.1 Å². The molecule has 2 unspecified atom stereocenters. The first-order valence-electron chi connectivity index (χ1n) is 9.50. The van der Waals surface area contributed by atoms with Gasteiger partial charge in [0.05, 0.1) is 5.92 Å². The van der Waals surface area contributed by atoms with E-state index in [1.807, 2.05) is 80.6 Å². The molecule has 2 atom stereocenters. The van der Waals surface area contributed by atoms with Gasteiger partial charge in [-0.1, -0.05) is 92.2 Å². The highest BCUT2D eigenvalue weighted by Crippen LogP contribution is 2.30. The van der Waals surface area contributed by atoms with Crippen molar-refractivity contribution >= 4 is 17.6 Å². The maximum atomic E-state index is 12.9. The third-order valence-corrected chi connectivity index (χ3v) is 5.07. The smallest absolute Gasteiger partial charge is 0.315 e. The molecule has 3 aromatic carbocycles. The number of carbonyl (C=O) groups is 1. The average Bonchev–Trinajstić information content (AvgIpc) is 2.74. The van der Waals surface area contributed by atoms with Crippen molar-refractivity contribution in [1.82, 2.24) is 0 Å². The van der Waals surface area contributed by atoms with Crippen LogP contribution in [-0.2, 0) is 9.53 Å². The van der Waals surface area contributed by atoms with Crippen molar-refractivity contribution in [2.45, 2.75) is 25.9 Å². The summed E-state index contributed by atoms with van der Waals surface area (Å²) in [5.74, 6) is -0.865. The third-order valence-electron chi connectivity index (χ3n) is 4.82. The Labute approximate surface area is 176 Å². The SMILES string of the molecule is CC(C)C(C(=O)OC(C#N)c1ccc(-c2ccccc2)cc1)c1ccc(Cl)cc1. The molecule has 3 rings (SSSR count). The van der Waals surface area contributed by atoms with Crippen LogP contribution in [0.4, 0.5) is 0 Å². The van der Waals surface area contributed by atoms with E-state index in [-0.39, 0.29) is 5.92 Å². The molecule has 0 spiro atoms. The average molecular weight is 404 g/mol. The summed E-state index contributed by atoms with van der Waals surface area (Å²) in [6, 6.07) is 26.7. The van der Waals surface area contributed by atoms with Crippen LogP contribution in [0.3, 0.4) is 0 Å². The molecule has 0 amide bonds. The van der Waals surface area contributed by atoms with Gasteiger partial charge in [0, 0.05) is 10.6 Å². The summed E-state index contributed by atoms with van der Waals surface area (Å²) in [5, 5.41) is 10.2. The van der Waals surface area contributed by atoms with E-state index in [2.05, 4.69) is 6.07 Å². The van der Waals surface area contributed by atoms with Crippen molar-refractivity contribution < 1.29 is 9.53 Å². The maximum Gasteiger partial charge on any atom is 0.315 e. The van der Waals surface area contributed by atoms with Crippen LogP contribution < -0.4 is 0 Å². The van der Waals surface area contributed by atoms with Gasteiger partial charge in [-0.25, -0.2) is 0 Å². The largest absolute Gasteiger partial charge is 0.441 e. The highest BCUT2D eigenvalue weighted by Gasteiger charge is 2.28. The number of hydrogen-bond donors (Lipinski definition) is 0. The number of hydrogen-bond acceptors (Lipinski definition) is 3. The predicted molar refractivity (Wildman–Crippen MR) is 115 cm³/mol. The van der Waals surface area contributed by atoms with Crippen molar-refractivity contribution in [3.63, 3.8) is 0 Å². The molecule has 0 bridgehead atoms. The molecule has 0 aliphatic heterocycles. The Morgan fingerprint density at radius 3 is 1.97 bits per heavy atom. The van der Waals surface area contributed by atoms with Gasteiger partial charge in [0.2, 0.25) is 6.10 Å². The van der Waals surface area contributed by atoms with Gasteiger partial charge in [0.1, 0.15) is 6.07 Å². The van der Waals surface area contributed by atoms with Crippen molar-refractivity contribution in [2.24, 2.45) is 5.92 Å². The molecule has 0 N–H and O–H groups in total. The monoisotopic (exact) mass is 403 g/mol. The second-order valence-electron chi connectivity index (χ2n) is 7.21. The summed E-state index contributed by atoms with van der Waals surface area (Å²) in [4.78, 5) is 12.9. The van der Waals surface area contributed by atoms with Crippen LogP contribution >= 0.6 is 11.6 Å². The number of esters is 1. The van der Waals surface area contributed by atoms with Gasteiger partial charge in [0.25, 0.3) is 0 Å². The quantitative estimate of drug-likeness (QED) is 0.438. The Morgan fingerprint density at radius 1 is 0.862 bits per heavy atom. The van der Waals surface area contributed by atoms with Crippen molar-refractivity contribution in [1.29, 1.82) is 5.26 Å². The molecule has 0 radical (unpaired) electrons. The molecule has 3 aromatic rings. The fraction of sp³-hybridized carbons (Fsp3) is 0.200. The molecule has 0 heterocycles. The fourth-order valence-corrected chi connectivity index (χ4v) is 3.43. The van der Waals surface area contributed by atoms with E-state index in [1.54, 1.807) is 12.1 Å². The Hall–Kier alpha value is -3.09.